The van der Waals surface area contributed by atoms with E-state index in [0.717, 1.165) is 12.1 Å². The van der Waals surface area contributed by atoms with Crippen LogP contribution in [0.2, 0.25) is 0 Å². The summed E-state index contributed by atoms with van der Waals surface area (Å²) in [5, 5.41) is 13.3. The van der Waals surface area contributed by atoms with Crippen LogP contribution in [0.15, 0.2) is 41.2 Å². The summed E-state index contributed by atoms with van der Waals surface area (Å²) >= 11 is 0. The minimum absolute atomic E-state index is 0.121. The monoisotopic (exact) mass is 518 g/mol. The predicted octanol–water partition coefficient (Wildman–Crippen LogP) is 4.24. The molecule has 2 aromatic carbocycles. The minimum Gasteiger partial charge on any atom is -0.506 e. The zero-order valence-corrected chi connectivity index (χ0v) is 20.5. The lowest BCUT2D eigenvalue weighted by molar-refractivity contribution is -0.153. The molecule has 4 rings (SSSR count). The zero-order chi connectivity index (χ0) is 27.3. The third-order valence-corrected chi connectivity index (χ3v) is 5.81. The lowest BCUT2D eigenvalue weighted by Gasteiger charge is -2.30. The van der Waals surface area contributed by atoms with E-state index in [1.54, 1.807) is 33.8 Å². The second-order valence-electron chi connectivity index (χ2n) is 9.74. The molecule has 11 heteroatoms. The van der Waals surface area contributed by atoms with E-state index in [1.165, 1.54) is 22.8 Å². The molecule has 0 aliphatic carbocycles. The number of aromatic hydroxyl groups is 1. The molecule has 1 aromatic heterocycles. The van der Waals surface area contributed by atoms with Gasteiger partial charge in [0.05, 0.1) is 17.6 Å². The molecule has 0 saturated carbocycles. The van der Waals surface area contributed by atoms with E-state index in [0.29, 0.717) is 11.1 Å². The van der Waals surface area contributed by atoms with Gasteiger partial charge >= 0.3 is 12.1 Å². The molecule has 37 heavy (non-hydrogen) atoms. The van der Waals surface area contributed by atoms with Gasteiger partial charge in [-0.3, -0.25) is 19.0 Å². The second kappa shape index (κ2) is 9.13. The summed E-state index contributed by atoms with van der Waals surface area (Å²) < 4.78 is 51.5. The Morgan fingerprint density at radius 3 is 2.38 bits per heavy atom. The van der Waals surface area contributed by atoms with E-state index in [1.807, 2.05) is 0 Å². The molecule has 1 unspecified atom stereocenters. The highest BCUT2D eigenvalue weighted by atomic mass is 19.4. The highest BCUT2D eigenvalue weighted by Gasteiger charge is 2.33. The van der Waals surface area contributed by atoms with Gasteiger partial charge < -0.3 is 19.9 Å². The number of aromatic nitrogens is 1. The Balaban J connectivity index is 1.73. The molecular weight excluding hydrogens is 493 g/mol. The van der Waals surface area contributed by atoms with Gasteiger partial charge in [-0.15, -0.1) is 0 Å². The van der Waals surface area contributed by atoms with E-state index < -0.39 is 58.7 Å². The molecule has 3 aromatic rings. The number of amides is 1. The first-order valence-electron chi connectivity index (χ1n) is 11.4. The third-order valence-electron chi connectivity index (χ3n) is 5.81. The molecule has 1 amide bonds. The average Bonchev–Trinajstić information content (AvgIpc) is 2.80. The molecule has 0 saturated heterocycles. The second-order valence-corrected chi connectivity index (χ2v) is 9.74. The number of benzene rings is 2. The van der Waals surface area contributed by atoms with E-state index in [9.17, 15) is 32.7 Å². The Labute approximate surface area is 209 Å². The molecule has 1 aliphatic heterocycles. The highest BCUT2D eigenvalue weighted by Crippen LogP contribution is 2.41. The van der Waals surface area contributed by atoms with Crippen molar-refractivity contribution in [2.75, 3.05) is 6.54 Å². The van der Waals surface area contributed by atoms with Crippen molar-refractivity contribution < 1.29 is 37.3 Å². The Bertz CT molecular complexity index is 1450. The molecule has 2 heterocycles. The summed E-state index contributed by atoms with van der Waals surface area (Å²) in [5.41, 5.74) is -1.73. The number of pyridine rings is 1. The summed E-state index contributed by atoms with van der Waals surface area (Å²) in [7, 11) is 0. The Morgan fingerprint density at radius 1 is 1.14 bits per heavy atom. The molecule has 196 valence electrons. The SMILES string of the molecule is Cc1ccc2c(O)c(C(=O)NCC(=O)OC(C)(C)C)c(=O)n3c2c1OC(c1ccc(C(F)(F)F)cc1)C3. The van der Waals surface area contributed by atoms with E-state index >= 15 is 0 Å². The minimum atomic E-state index is -4.50. The van der Waals surface area contributed by atoms with Crippen LogP contribution < -0.4 is 15.6 Å². The lowest BCUT2D eigenvalue weighted by atomic mass is 10.0. The summed E-state index contributed by atoms with van der Waals surface area (Å²) in [4.78, 5) is 38.3. The van der Waals surface area contributed by atoms with Crippen molar-refractivity contribution in [3.8, 4) is 11.5 Å². The van der Waals surface area contributed by atoms with Crippen molar-refractivity contribution in [2.45, 2.75) is 52.1 Å². The number of esters is 1. The normalized spacial score (nSPS) is 15.3. The van der Waals surface area contributed by atoms with Crippen molar-refractivity contribution in [1.29, 1.82) is 0 Å². The number of alkyl halides is 3. The summed E-state index contributed by atoms with van der Waals surface area (Å²) in [6.07, 6.45) is -5.34. The molecular formula is C26H25F3N2O6. The Hall–Kier alpha value is -4.02. The van der Waals surface area contributed by atoms with Crippen LogP contribution in [0.4, 0.5) is 13.2 Å². The number of nitrogens with one attached hydrogen (secondary N) is 1. The first-order chi connectivity index (χ1) is 17.2. The van der Waals surface area contributed by atoms with E-state index in [2.05, 4.69) is 5.32 Å². The van der Waals surface area contributed by atoms with Crippen LogP contribution in [0.25, 0.3) is 10.9 Å². The highest BCUT2D eigenvalue weighted by molar-refractivity contribution is 6.04. The van der Waals surface area contributed by atoms with Gasteiger partial charge in [0.15, 0.2) is 0 Å². The van der Waals surface area contributed by atoms with Gasteiger partial charge in [0.25, 0.3) is 11.5 Å². The van der Waals surface area contributed by atoms with Gasteiger partial charge in [0.2, 0.25) is 0 Å². The lowest BCUT2D eigenvalue weighted by Crippen LogP contribution is -2.39. The topological polar surface area (TPSA) is 107 Å². The number of halogens is 3. The molecule has 2 N–H and O–H groups in total. The number of rotatable bonds is 4. The van der Waals surface area contributed by atoms with Crippen molar-refractivity contribution in [3.63, 3.8) is 0 Å². The number of carbonyl (C=O) groups is 2. The van der Waals surface area contributed by atoms with Gasteiger partial charge in [-0.2, -0.15) is 13.2 Å². The number of carbonyl (C=O) groups excluding carboxylic acids is 2. The largest absolute Gasteiger partial charge is 0.506 e. The van der Waals surface area contributed by atoms with Gasteiger partial charge in [0, 0.05) is 5.39 Å². The fourth-order valence-corrected chi connectivity index (χ4v) is 4.16. The fraction of sp³-hybridized carbons (Fsp3) is 0.346. The van der Waals surface area contributed by atoms with Crippen LogP contribution in [-0.2, 0) is 22.3 Å². The van der Waals surface area contributed by atoms with Crippen molar-refractivity contribution in [3.05, 3.63) is 69.0 Å². The number of nitrogens with zero attached hydrogens (tertiary/aromatic N) is 1. The number of hydrogen-bond acceptors (Lipinski definition) is 6. The van der Waals surface area contributed by atoms with Crippen LogP contribution in [0.5, 0.6) is 11.5 Å². The number of aryl methyl sites for hydroxylation is 1. The van der Waals surface area contributed by atoms with Crippen molar-refractivity contribution in [1.82, 2.24) is 9.88 Å². The summed E-state index contributed by atoms with van der Waals surface area (Å²) in [6, 6.07) is 7.56. The molecule has 1 aliphatic rings. The fourth-order valence-electron chi connectivity index (χ4n) is 4.16. The first kappa shape index (κ1) is 26.1. The average molecular weight is 518 g/mol. The summed E-state index contributed by atoms with van der Waals surface area (Å²) in [5.74, 6) is -2.01. The van der Waals surface area contributed by atoms with Crippen LogP contribution in [0.1, 0.15) is 53.9 Å². The van der Waals surface area contributed by atoms with Crippen molar-refractivity contribution >= 4 is 22.8 Å². The maximum absolute atomic E-state index is 13.4. The molecule has 0 radical (unpaired) electrons. The standard InChI is InChI=1S/C26H25F3N2O6/c1-13-5-10-16-20-22(13)36-17(14-6-8-15(9-7-14)26(27,28)29)12-31(20)24(35)19(21(16)33)23(34)30-11-18(32)37-25(2,3)4/h5-10,17,33H,11-12H2,1-4H3,(H,30,34). The van der Waals surface area contributed by atoms with Gasteiger partial charge in [-0.25, -0.2) is 0 Å². The first-order valence-corrected chi connectivity index (χ1v) is 11.4. The molecule has 1 atom stereocenters. The summed E-state index contributed by atoms with van der Waals surface area (Å²) in [6.45, 7) is 6.06. The number of ether oxygens (including phenoxy) is 2. The molecule has 0 fully saturated rings. The van der Waals surface area contributed by atoms with Gasteiger partial charge in [-0.1, -0.05) is 18.2 Å². The van der Waals surface area contributed by atoms with E-state index in [-0.39, 0.29) is 23.2 Å². The van der Waals surface area contributed by atoms with Crippen LogP contribution >= 0.6 is 0 Å². The third kappa shape index (κ3) is 5.11. The number of hydrogen-bond donors (Lipinski definition) is 2. The van der Waals surface area contributed by atoms with E-state index in [4.69, 9.17) is 9.47 Å². The van der Waals surface area contributed by atoms with Gasteiger partial charge in [0.1, 0.15) is 35.3 Å². The molecule has 0 spiro atoms. The van der Waals surface area contributed by atoms with Gasteiger partial charge in [-0.05, 0) is 57.0 Å². The smallest absolute Gasteiger partial charge is 0.416 e. The van der Waals surface area contributed by atoms with Crippen molar-refractivity contribution in [2.24, 2.45) is 0 Å². The maximum atomic E-state index is 13.4. The Morgan fingerprint density at radius 2 is 1.78 bits per heavy atom. The molecule has 8 nitrogen and oxygen atoms in total. The predicted molar refractivity (Wildman–Crippen MR) is 128 cm³/mol. The molecule has 0 bridgehead atoms. The quantitative estimate of drug-likeness (QED) is 0.501. The van der Waals surface area contributed by atoms with Crippen LogP contribution in [0.3, 0.4) is 0 Å². The zero-order valence-electron chi connectivity index (χ0n) is 20.5. The maximum Gasteiger partial charge on any atom is 0.416 e. The van der Waals surface area contributed by atoms with Crippen LogP contribution in [-0.4, -0.2) is 33.7 Å². The van der Waals surface area contributed by atoms with Crippen LogP contribution in [0, 0.1) is 6.92 Å². The Kier molecular flexibility index (Phi) is 6.43.